The molecule has 7 nitrogen and oxygen atoms in total. The molecule has 23 heavy (non-hydrogen) atoms. The van der Waals surface area contributed by atoms with Crippen LogP contribution in [0.15, 0.2) is 0 Å². The van der Waals surface area contributed by atoms with E-state index in [1.807, 2.05) is 0 Å². The summed E-state index contributed by atoms with van der Waals surface area (Å²) in [4.78, 5) is 35.8. The Bertz CT molecular complexity index is 415. The van der Waals surface area contributed by atoms with E-state index in [4.69, 9.17) is 20.9 Å². The highest BCUT2D eigenvalue weighted by atomic mass is 16.6. The van der Waals surface area contributed by atoms with Crippen LogP contribution in [0.25, 0.3) is 0 Å². The van der Waals surface area contributed by atoms with Gasteiger partial charge in [-0.05, 0) is 54.0 Å². The predicted octanol–water partition coefficient (Wildman–Crippen LogP) is 0.921. The summed E-state index contributed by atoms with van der Waals surface area (Å²) in [5, 5.41) is 0. The van der Waals surface area contributed by atoms with Crippen molar-refractivity contribution in [3.63, 3.8) is 0 Å². The predicted molar refractivity (Wildman–Crippen MR) is 86.5 cm³/mol. The van der Waals surface area contributed by atoms with Crippen LogP contribution in [0.3, 0.4) is 0 Å². The maximum atomic E-state index is 12.6. The molecule has 0 aliphatic carbocycles. The maximum absolute atomic E-state index is 12.6. The number of unbranched alkanes of at least 4 members (excludes halogenated alkanes) is 1. The molecule has 0 spiro atoms. The van der Waals surface area contributed by atoms with Crippen LogP contribution in [-0.2, 0) is 23.9 Å². The van der Waals surface area contributed by atoms with E-state index in [0.29, 0.717) is 19.4 Å². The Hall–Kier alpha value is -1.47. The van der Waals surface area contributed by atoms with Gasteiger partial charge in [0.05, 0.1) is 6.04 Å². The van der Waals surface area contributed by atoms with E-state index in [0.717, 1.165) is 6.42 Å². The Morgan fingerprint density at radius 1 is 1.13 bits per heavy atom. The smallest absolute Gasteiger partial charge is 0.321 e. The first-order chi connectivity index (χ1) is 10.5. The van der Waals surface area contributed by atoms with Crippen molar-refractivity contribution in [2.75, 3.05) is 6.54 Å². The molecular weight excluding hydrogens is 300 g/mol. The summed E-state index contributed by atoms with van der Waals surface area (Å²) < 4.78 is 10.2. The Labute approximate surface area is 138 Å². The van der Waals surface area contributed by atoms with Crippen molar-refractivity contribution in [2.45, 2.75) is 71.1 Å². The molecule has 134 valence electrons. The Morgan fingerprint density at radius 2 is 1.70 bits per heavy atom. The van der Waals surface area contributed by atoms with Crippen LogP contribution in [0.1, 0.15) is 53.9 Å². The first kappa shape index (κ1) is 21.5. The molecule has 0 rings (SSSR count). The molecule has 0 aromatic carbocycles. The molecule has 1 unspecified atom stereocenters. The molecule has 0 radical (unpaired) electrons. The minimum absolute atomic E-state index is 0.213. The second kappa shape index (κ2) is 8.98. The zero-order chi connectivity index (χ0) is 18.3. The van der Waals surface area contributed by atoms with Crippen LogP contribution in [-0.4, -0.2) is 42.0 Å². The fraction of sp³-hybridized carbons (Fsp3) is 0.812. The van der Waals surface area contributed by atoms with Crippen LogP contribution in [0.5, 0.6) is 0 Å². The van der Waals surface area contributed by atoms with Crippen LogP contribution >= 0.6 is 0 Å². The van der Waals surface area contributed by atoms with E-state index in [2.05, 4.69) is 0 Å². The van der Waals surface area contributed by atoms with Gasteiger partial charge in [0.1, 0.15) is 11.2 Å². The van der Waals surface area contributed by atoms with E-state index in [1.165, 1.54) is 13.8 Å². The SMILES string of the molecule is CC(C)(C)OC(=O)C(C(=O)[C@@H](N)CCCCN)C(C)(C)OC=O. The molecule has 0 aromatic heterocycles. The first-order valence-electron chi connectivity index (χ1n) is 7.80. The van der Waals surface area contributed by atoms with Crippen molar-refractivity contribution < 1.29 is 23.9 Å². The summed E-state index contributed by atoms with van der Waals surface area (Å²) >= 11 is 0. The first-order valence-corrected chi connectivity index (χ1v) is 7.80. The topological polar surface area (TPSA) is 122 Å². The number of esters is 1. The van der Waals surface area contributed by atoms with Crippen LogP contribution in [0.4, 0.5) is 0 Å². The number of nitrogens with two attached hydrogens (primary N) is 2. The zero-order valence-electron chi connectivity index (χ0n) is 14.8. The number of ketones is 1. The summed E-state index contributed by atoms with van der Waals surface area (Å²) in [5.41, 5.74) is 9.22. The summed E-state index contributed by atoms with van der Waals surface area (Å²) in [6, 6.07) is -0.839. The average Bonchev–Trinajstić information content (AvgIpc) is 2.36. The molecule has 0 aromatic rings. The van der Waals surface area contributed by atoms with E-state index in [9.17, 15) is 14.4 Å². The third kappa shape index (κ3) is 7.56. The lowest BCUT2D eigenvalue weighted by atomic mass is 9.83. The highest BCUT2D eigenvalue weighted by Gasteiger charge is 2.46. The van der Waals surface area contributed by atoms with Crippen molar-refractivity contribution in [3.05, 3.63) is 0 Å². The molecule has 0 fully saturated rings. The summed E-state index contributed by atoms with van der Waals surface area (Å²) in [7, 11) is 0. The second-order valence-electron chi connectivity index (χ2n) is 7.08. The summed E-state index contributed by atoms with van der Waals surface area (Å²) in [5.74, 6) is -2.52. The third-order valence-corrected chi connectivity index (χ3v) is 3.31. The van der Waals surface area contributed by atoms with Gasteiger partial charge in [0, 0.05) is 0 Å². The van der Waals surface area contributed by atoms with Gasteiger partial charge in [-0.2, -0.15) is 0 Å². The molecule has 7 heteroatoms. The standard InChI is InChI=1S/C16H30N2O5/c1-15(2,3)23-14(21)12(16(4,5)22-10-19)13(20)11(18)8-6-7-9-17/h10-12H,6-9,17-18H2,1-5H3/t11-,12?/m0/s1. The number of hydrogen-bond donors (Lipinski definition) is 2. The lowest BCUT2D eigenvalue weighted by Crippen LogP contribution is -2.51. The van der Waals surface area contributed by atoms with E-state index in [1.54, 1.807) is 20.8 Å². The Balaban J connectivity index is 5.29. The number of carbonyl (C=O) groups excluding carboxylic acids is 3. The van der Waals surface area contributed by atoms with Crippen molar-refractivity contribution in [3.8, 4) is 0 Å². The fourth-order valence-corrected chi connectivity index (χ4v) is 2.16. The van der Waals surface area contributed by atoms with E-state index < -0.39 is 34.9 Å². The Kier molecular flexibility index (Phi) is 8.41. The number of ether oxygens (including phenoxy) is 2. The zero-order valence-corrected chi connectivity index (χ0v) is 14.8. The largest absolute Gasteiger partial charge is 0.460 e. The summed E-state index contributed by atoms with van der Waals surface area (Å²) in [6.07, 6.45) is 1.83. The van der Waals surface area contributed by atoms with Gasteiger partial charge in [0.25, 0.3) is 6.47 Å². The molecule has 0 saturated heterocycles. The molecule has 2 atom stereocenters. The van der Waals surface area contributed by atoms with Crippen LogP contribution in [0.2, 0.25) is 0 Å². The van der Waals surface area contributed by atoms with Gasteiger partial charge in [-0.1, -0.05) is 6.42 Å². The van der Waals surface area contributed by atoms with Gasteiger partial charge in [-0.15, -0.1) is 0 Å². The molecule has 0 saturated carbocycles. The maximum Gasteiger partial charge on any atom is 0.321 e. The number of rotatable bonds is 10. The molecule has 0 heterocycles. The monoisotopic (exact) mass is 330 g/mol. The van der Waals surface area contributed by atoms with Crippen molar-refractivity contribution in [1.29, 1.82) is 0 Å². The normalized spacial score (nSPS) is 14.7. The van der Waals surface area contributed by atoms with Gasteiger partial charge < -0.3 is 20.9 Å². The van der Waals surface area contributed by atoms with Gasteiger partial charge in [0.2, 0.25) is 0 Å². The van der Waals surface area contributed by atoms with Gasteiger partial charge in [0.15, 0.2) is 11.7 Å². The van der Waals surface area contributed by atoms with Gasteiger partial charge >= 0.3 is 5.97 Å². The molecule has 4 N–H and O–H groups in total. The average molecular weight is 330 g/mol. The number of Topliss-reactive ketones (excluding diaryl/α,β-unsaturated/α-hetero) is 1. The highest BCUT2D eigenvalue weighted by Crippen LogP contribution is 2.27. The third-order valence-electron chi connectivity index (χ3n) is 3.31. The van der Waals surface area contributed by atoms with Gasteiger partial charge in [-0.3, -0.25) is 14.4 Å². The quantitative estimate of drug-likeness (QED) is 0.264. The number of carbonyl (C=O) groups is 3. The minimum Gasteiger partial charge on any atom is -0.460 e. The molecule has 0 aliphatic heterocycles. The molecule has 0 aliphatic rings. The molecular formula is C16H30N2O5. The molecule has 0 bridgehead atoms. The lowest BCUT2D eigenvalue weighted by molar-refractivity contribution is -0.175. The van der Waals surface area contributed by atoms with Gasteiger partial charge in [-0.25, -0.2) is 0 Å². The van der Waals surface area contributed by atoms with Crippen molar-refractivity contribution in [1.82, 2.24) is 0 Å². The summed E-state index contributed by atoms with van der Waals surface area (Å²) in [6.45, 7) is 8.78. The molecule has 0 amide bonds. The Morgan fingerprint density at radius 3 is 2.13 bits per heavy atom. The van der Waals surface area contributed by atoms with Crippen molar-refractivity contribution >= 4 is 18.2 Å². The van der Waals surface area contributed by atoms with E-state index in [-0.39, 0.29) is 6.47 Å². The van der Waals surface area contributed by atoms with Crippen LogP contribution < -0.4 is 11.5 Å². The van der Waals surface area contributed by atoms with E-state index >= 15 is 0 Å². The fourth-order valence-electron chi connectivity index (χ4n) is 2.16. The van der Waals surface area contributed by atoms with Crippen LogP contribution in [0, 0.1) is 5.92 Å². The highest BCUT2D eigenvalue weighted by molar-refractivity contribution is 6.03. The second-order valence-corrected chi connectivity index (χ2v) is 7.08. The minimum atomic E-state index is -1.34. The lowest BCUT2D eigenvalue weighted by Gasteiger charge is -2.33. The number of hydrogen-bond acceptors (Lipinski definition) is 7. The van der Waals surface area contributed by atoms with Crippen molar-refractivity contribution in [2.24, 2.45) is 17.4 Å².